The number of aliphatic imine (C=N–C) groups is 1. The zero-order valence-corrected chi connectivity index (χ0v) is 8.39. The first-order chi connectivity index (χ1) is 6.86. The molecule has 1 aromatic carbocycles. The molecular formula is C10H10FNOS. The van der Waals surface area contributed by atoms with Gasteiger partial charge in [-0.3, -0.25) is 0 Å². The van der Waals surface area contributed by atoms with Gasteiger partial charge < -0.3 is 4.74 Å². The molecule has 0 saturated heterocycles. The first-order valence-corrected chi connectivity index (χ1v) is 4.59. The predicted octanol–water partition coefficient (Wildman–Crippen LogP) is 2.64. The van der Waals surface area contributed by atoms with Crippen molar-refractivity contribution in [2.75, 3.05) is 13.3 Å². The van der Waals surface area contributed by atoms with E-state index in [4.69, 9.17) is 4.74 Å². The lowest BCUT2D eigenvalue weighted by molar-refractivity contribution is 0.273. The van der Waals surface area contributed by atoms with Crippen LogP contribution in [0.2, 0.25) is 0 Å². The normalized spacial score (nSPS) is 9.21. The van der Waals surface area contributed by atoms with Crippen LogP contribution in [0.5, 0.6) is 5.75 Å². The maximum atomic E-state index is 11.8. The van der Waals surface area contributed by atoms with Gasteiger partial charge >= 0.3 is 0 Å². The second kappa shape index (κ2) is 6.24. The Morgan fingerprint density at radius 3 is 2.64 bits per heavy atom. The number of hydrogen-bond acceptors (Lipinski definition) is 3. The number of halogens is 1. The molecule has 1 rings (SSSR count). The number of alkyl halides is 1. The molecule has 2 nitrogen and oxygen atoms in total. The van der Waals surface area contributed by atoms with Crippen LogP contribution in [0.25, 0.3) is 0 Å². The molecule has 0 aliphatic carbocycles. The van der Waals surface area contributed by atoms with Crippen molar-refractivity contribution in [3.05, 3.63) is 29.8 Å². The van der Waals surface area contributed by atoms with E-state index in [-0.39, 0.29) is 6.61 Å². The minimum absolute atomic E-state index is 0.0947. The van der Waals surface area contributed by atoms with Crippen molar-refractivity contribution in [3.63, 3.8) is 0 Å². The van der Waals surface area contributed by atoms with Gasteiger partial charge in [0.1, 0.15) is 19.0 Å². The Morgan fingerprint density at radius 1 is 1.36 bits per heavy atom. The third-order valence-corrected chi connectivity index (χ3v) is 1.72. The molecule has 0 aliphatic heterocycles. The SMILES string of the molecule is FCCOc1ccc(CN=C=S)cc1. The Balaban J connectivity index is 2.54. The number of isothiocyanates is 1. The lowest BCUT2D eigenvalue weighted by Gasteiger charge is -2.03. The minimum Gasteiger partial charge on any atom is -0.491 e. The van der Waals surface area contributed by atoms with Crippen LogP contribution in [0.1, 0.15) is 5.56 Å². The van der Waals surface area contributed by atoms with Gasteiger partial charge in [0.15, 0.2) is 0 Å². The van der Waals surface area contributed by atoms with E-state index in [2.05, 4.69) is 22.4 Å². The summed E-state index contributed by atoms with van der Waals surface area (Å²) < 4.78 is 16.8. The highest BCUT2D eigenvalue weighted by atomic mass is 32.1. The standard InChI is InChI=1S/C10H10FNOS/c11-5-6-13-10-3-1-9(2-4-10)7-12-8-14/h1-4H,5-7H2. The average molecular weight is 211 g/mol. The summed E-state index contributed by atoms with van der Waals surface area (Å²) >= 11 is 4.45. The van der Waals surface area contributed by atoms with Crippen molar-refractivity contribution in [3.8, 4) is 5.75 Å². The Hall–Kier alpha value is -1.25. The van der Waals surface area contributed by atoms with Gasteiger partial charge in [-0.1, -0.05) is 12.1 Å². The zero-order valence-electron chi connectivity index (χ0n) is 7.57. The summed E-state index contributed by atoms with van der Waals surface area (Å²) in [6, 6.07) is 7.29. The molecule has 0 fully saturated rings. The first kappa shape index (κ1) is 10.8. The molecular weight excluding hydrogens is 201 g/mol. The quantitative estimate of drug-likeness (QED) is 0.551. The third-order valence-electron chi connectivity index (χ3n) is 1.60. The van der Waals surface area contributed by atoms with Crippen molar-refractivity contribution < 1.29 is 9.13 Å². The molecule has 0 aliphatic rings. The van der Waals surface area contributed by atoms with Crippen molar-refractivity contribution in [1.29, 1.82) is 0 Å². The summed E-state index contributed by atoms with van der Waals surface area (Å²) in [7, 11) is 0. The van der Waals surface area contributed by atoms with E-state index in [0.29, 0.717) is 12.3 Å². The lowest BCUT2D eigenvalue weighted by Crippen LogP contribution is -1.98. The summed E-state index contributed by atoms with van der Waals surface area (Å²) in [4.78, 5) is 3.80. The van der Waals surface area contributed by atoms with Gasteiger partial charge in [0.2, 0.25) is 0 Å². The molecule has 74 valence electrons. The van der Waals surface area contributed by atoms with Crippen LogP contribution in [0.4, 0.5) is 4.39 Å². The van der Waals surface area contributed by atoms with Gasteiger partial charge in [0, 0.05) is 0 Å². The molecule has 0 aromatic heterocycles. The second-order valence-corrected chi connectivity index (χ2v) is 2.77. The van der Waals surface area contributed by atoms with E-state index in [0.717, 1.165) is 5.56 Å². The smallest absolute Gasteiger partial charge is 0.123 e. The van der Waals surface area contributed by atoms with Crippen LogP contribution < -0.4 is 4.74 Å². The molecule has 0 spiro atoms. The van der Waals surface area contributed by atoms with Gasteiger partial charge in [0.05, 0.1) is 11.7 Å². The van der Waals surface area contributed by atoms with E-state index in [9.17, 15) is 4.39 Å². The molecule has 14 heavy (non-hydrogen) atoms. The number of ether oxygens (including phenoxy) is 1. The Labute approximate surface area is 87.4 Å². The highest BCUT2D eigenvalue weighted by Crippen LogP contribution is 2.12. The van der Waals surface area contributed by atoms with Gasteiger partial charge in [-0.2, -0.15) is 0 Å². The zero-order chi connectivity index (χ0) is 10.2. The molecule has 0 bridgehead atoms. The van der Waals surface area contributed by atoms with E-state index in [1.807, 2.05) is 12.1 Å². The maximum absolute atomic E-state index is 11.8. The predicted molar refractivity (Wildman–Crippen MR) is 56.6 cm³/mol. The average Bonchev–Trinajstić information content (AvgIpc) is 2.25. The number of thiocarbonyl (C=S) groups is 1. The van der Waals surface area contributed by atoms with Crippen LogP contribution in [0, 0.1) is 0 Å². The highest BCUT2D eigenvalue weighted by molar-refractivity contribution is 7.78. The van der Waals surface area contributed by atoms with Crippen molar-refractivity contribution in [2.45, 2.75) is 6.54 Å². The van der Waals surface area contributed by atoms with E-state index in [1.54, 1.807) is 12.1 Å². The molecule has 0 heterocycles. The Bertz CT molecular complexity index is 319. The van der Waals surface area contributed by atoms with Crippen LogP contribution in [-0.4, -0.2) is 18.4 Å². The largest absolute Gasteiger partial charge is 0.491 e. The fourth-order valence-corrected chi connectivity index (χ4v) is 1.04. The van der Waals surface area contributed by atoms with Crippen LogP contribution in [0.15, 0.2) is 29.3 Å². The number of benzene rings is 1. The topological polar surface area (TPSA) is 21.6 Å². The van der Waals surface area contributed by atoms with Crippen molar-refractivity contribution >= 4 is 17.4 Å². The highest BCUT2D eigenvalue weighted by Gasteiger charge is 1.94. The number of rotatable bonds is 5. The fraction of sp³-hybridized carbons (Fsp3) is 0.300. The monoisotopic (exact) mass is 211 g/mol. The molecule has 0 N–H and O–H groups in total. The summed E-state index contributed by atoms with van der Waals surface area (Å²) in [5.41, 5.74) is 1.02. The summed E-state index contributed by atoms with van der Waals surface area (Å²) in [6.45, 7) is 0.140. The van der Waals surface area contributed by atoms with Crippen LogP contribution >= 0.6 is 12.2 Å². The van der Waals surface area contributed by atoms with Gasteiger partial charge in [-0.25, -0.2) is 9.38 Å². The second-order valence-electron chi connectivity index (χ2n) is 2.59. The van der Waals surface area contributed by atoms with Crippen LogP contribution in [-0.2, 0) is 6.54 Å². The molecule has 0 amide bonds. The van der Waals surface area contributed by atoms with Gasteiger partial charge in [-0.05, 0) is 29.9 Å². The summed E-state index contributed by atoms with van der Waals surface area (Å²) in [5.74, 6) is 0.665. The van der Waals surface area contributed by atoms with E-state index < -0.39 is 6.67 Å². The van der Waals surface area contributed by atoms with Gasteiger partial charge in [-0.15, -0.1) is 0 Å². The third kappa shape index (κ3) is 3.64. The Kier molecular flexibility index (Phi) is 4.83. The molecule has 0 atom stereocenters. The minimum atomic E-state index is -0.475. The fourth-order valence-electron chi connectivity index (χ4n) is 0.971. The molecule has 0 radical (unpaired) electrons. The lowest BCUT2D eigenvalue weighted by atomic mass is 10.2. The molecule has 0 unspecified atom stereocenters. The molecule has 4 heteroatoms. The number of hydrogen-bond donors (Lipinski definition) is 0. The summed E-state index contributed by atoms with van der Waals surface area (Å²) in [5, 5.41) is 2.29. The first-order valence-electron chi connectivity index (χ1n) is 4.18. The van der Waals surface area contributed by atoms with E-state index in [1.165, 1.54) is 0 Å². The molecule has 1 aromatic rings. The van der Waals surface area contributed by atoms with E-state index >= 15 is 0 Å². The van der Waals surface area contributed by atoms with Gasteiger partial charge in [0.25, 0.3) is 0 Å². The maximum Gasteiger partial charge on any atom is 0.123 e. The molecule has 0 saturated carbocycles. The number of nitrogens with zero attached hydrogens (tertiary/aromatic N) is 1. The van der Waals surface area contributed by atoms with Crippen LogP contribution in [0.3, 0.4) is 0 Å². The Morgan fingerprint density at radius 2 is 2.07 bits per heavy atom. The summed E-state index contributed by atoms with van der Waals surface area (Å²) in [6.07, 6.45) is 0. The van der Waals surface area contributed by atoms with Crippen molar-refractivity contribution in [2.24, 2.45) is 4.99 Å². The van der Waals surface area contributed by atoms with Crippen molar-refractivity contribution in [1.82, 2.24) is 0 Å².